The number of rotatable bonds is 5. The van der Waals surface area contributed by atoms with Gasteiger partial charge in [-0.2, -0.15) is 0 Å². The van der Waals surface area contributed by atoms with Crippen LogP contribution in [0, 0.1) is 5.82 Å². The summed E-state index contributed by atoms with van der Waals surface area (Å²) < 4.78 is 21.9. The Labute approximate surface area is 191 Å². The van der Waals surface area contributed by atoms with E-state index < -0.39 is 0 Å². The van der Waals surface area contributed by atoms with Gasteiger partial charge in [-0.1, -0.05) is 53.7 Å². The van der Waals surface area contributed by atoms with Crippen LogP contribution in [-0.2, 0) is 31.0 Å². The van der Waals surface area contributed by atoms with Crippen molar-refractivity contribution < 1.29 is 13.9 Å². The van der Waals surface area contributed by atoms with Crippen LogP contribution < -0.4 is 5.32 Å². The van der Waals surface area contributed by atoms with Gasteiger partial charge in [0.15, 0.2) is 0 Å². The second kappa shape index (κ2) is 9.68. The Morgan fingerprint density at radius 2 is 1.82 bits per heavy atom. The molecule has 2 amide bonds. The lowest BCUT2D eigenvalue weighted by molar-refractivity contribution is -0.00416. The first-order valence-corrected chi connectivity index (χ1v) is 11.2. The minimum atomic E-state index is -0.369. The highest BCUT2D eigenvalue weighted by Crippen LogP contribution is 2.28. The molecule has 1 fully saturated rings. The summed E-state index contributed by atoms with van der Waals surface area (Å²) in [7, 11) is 0. The quantitative estimate of drug-likeness (QED) is 0.647. The van der Waals surface area contributed by atoms with Gasteiger partial charge in [0.05, 0.1) is 18.8 Å². The van der Waals surface area contributed by atoms with Crippen LogP contribution in [0.5, 0.6) is 0 Å². The number of piperazine rings is 1. The fraction of sp³-hybridized carbons (Fsp3) is 0.375. The molecule has 1 aromatic heterocycles. The van der Waals surface area contributed by atoms with E-state index in [2.05, 4.69) is 20.5 Å². The number of carbonyl (C=O) groups is 1. The Bertz CT molecular complexity index is 1100. The predicted octanol–water partition coefficient (Wildman–Crippen LogP) is 2.72. The molecule has 8 nitrogen and oxygen atoms in total. The van der Waals surface area contributed by atoms with E-state index in [4.69, 9.17) is 4.74 Å². The monoisotopic (exact) mass is 450 g/mol. The molecule has 0 aliphatic carbocycles. The molecule has 0 saturated carbocycles. The molecule has 2 aliphatic rings. The van der Waals surface area contributed by atoms with Crippen molar-refractivity contribution in [3.63, 3.8) is 0 Å². The molecule has 172 valence electrons. The van der Waals surface area contributed by atoms with Crippen molar-refractivity contribution in [3.05, 3.63) is 82.9 Å². The van der Waals surface area contributed by atoms with Crippen molar-refractivity contribution in [2.45, 2.75) is 32.3 Å². The van der Waals surface area contributed by atoms with Gasteiger partial charge in [-0.25, -0.2) is 13.9 Å². The van der Waals surface area contributed by atoms with E-state index >= 15 is 0 Å². The van der Waals surface area contributed by atoms with Crippen LogP contribution in [0.15, 0.2) is 54.6 Å². The molecule has 3 heterocycles. The van der Waals surface area contributed by atoms with E-state index in [-0.39, 0.29) is 18.0 Å². The SMILES string of the molecule is O=C(NCc1ccccc1)N1CCN(Cc2nnn3c2CO[C@@H](c2ccccc2F)C3)CC1. The topological polar surface area (TPSA) is 75.5 Å². The van der Waals surface area contributed by atoms with Gasteiger partial charge in [-0.3, -0.25) is 4.90 Å². The number of nitrogens with one attached hydrogen (secondary N) is 1. The first-order chi connectivity index (χ1) is 16.2. The number of urea groups is 1. The molecule has 5 rings (SSSR count). The third-order valence-corrected chi connectivity index (χ3v) is 6.25. The number of benzene rings is 2. The van der Waals surface area contributed by atoms with Gasteiger partial charge in [0.2, 0.25) is 0 Å². The maximum absolute atomic E-state index is 14.1. The Hall–Kier alpha value is -3.30. The van der Waals surface area contributed by atoms with Crippen molar-refractivity contribution >= 4 is 6.03 Å². The molecule has 0 spiro atoms. The smallest absolute Gasteiger partial charge is 0.317 e. The molecular weight excluding hydrogens is 423 g/mol. The van der Waals surface area contributed by atoms with Crippen molar-refractivity contribution in [1.82, 2.24) is 30.1 Å². The number of hydrogen-bond donors (Lipinski definition) is 1. The lowest BCUT2D eigenvalue weighted by Crippen LogP contribution is -2.51. The summed E-state index contributed by atoms with van der Waals surface area (Å²) in [5.41, 5.74) is 3.44. The Morgan fingerprint density at radius 1 is 1.06 bits per heavy atom. The van der Waals surface area contributed by atoms with Gasteiger partial charge in [-0.05, 0) is 11.6 Å². The first-order valence-electron chi connectivity index (χ1n) is 11.2. The molecule has 1 atom stereocenters. The molecule has 1 N–H and O–H groups in total. The second-order valence-electron chi connectivity index (χ2n) is 8.39. The van der Waals surface area contributed by atoms with Crippen molar-refractivity contribution in [3.8, 4) is 0 Å². The molecule has 33 heavy (non-hydrogen) atoms. The van der Waals surface area contributed by atoms with Crippen LogP contribution >= 0.6 is 0 Å². The summed E-state index contributed by atoms with van der Waals surface area (Å²) in [4.78, 5) is 16.6. The molecule has 0 radical (unpaired) electrons. The van der Waals surface area contributed by atoms with Gasteiger partial charge >= 0.3 is 6.03 Å². The van der Waals surface area contributed by atoms with Crippen LogP contribution in [0.3, 0.4) is 0 Å². The van der Waals surface area contributed by atoms with Crippen LogP contribution in [0.4, 0.5) is 9.18 Å². The number of nitrogens with zero attached hydrogens (tertiary/aromatic N) is 5. The Balaban J connectivity index is 1.13. The lowest BCUT2D eigenvalue weighted by atomic mass is 10.1. The fourth-order valence-electron chi connectivity index (χ4n) is 4.32. The summed E-state index contributed by atoms with van der Waals surface area (Å²) in [5, 5.41) is 11.6. The number of carbonyl (C=O) groups excluding carboxylic acids is 1. The average Bonchev–Trinajstić information content (AvgIpc) is 3.26. The zero-order valence-corrected chi connectivity index (χ0v) is 18.4. The Kier molecular flexibility index (Phi) is 6.32. The van der Waals surface area contributed by atoms with E-state index in [9.17, 15) is 9.18 Å². The molecule has 2 aromatic carbocycles. The number of hydrogen-bond acceptors (Lipinski definition) is 5. The zero-order valence-electron chi connectivity index (χ0n) is 18.4. The molecule has 2 aliphatic heterocycles. The third kappa shape index (κ3) is 4.89. The van der Waals surface area contributed by atoms with E-state index in [1.54, 1.807) is 12.1 Å². The van der Waals surface area contributed by atoms with Crippen molar-refractivity contribution in [2.75, 3.05) is 26.2 Å². The largest absolute Gasteiger partial charge is 0.365 e. The van der Waals surface area contributed by atoms with Gasteiger partial charge in [0.1, 0.15) is 17.6 Å². The molecule has 0 unspecified atom stereocenters. The normalized spacial score (nSPS) is 18.7. The minimum Gasteiger partial charge on any atom is -0.365 e. The summed E-state index contributed by atoms with van der Waals surface area (Å²) in [6, 6.07) is 16.5. The first kappa shape index (κ1) is 21.5. The van der Waals surface area contributed by atoms with E-state index in [1.807, 2.05) is 46.0 Å². The number of aromatic nitrogens is 3. The molecular formula is C24H27FN6O2. The Morgan fingerprint density at radius 3 is 2.61 bits per heavy atom. The number of fused-ring (bicyclic) bond motifs is 1. The average molecular weight is 451 g/mol. The standard InChI is InChI=1S/C24H27FN6O2/c25-20-9-5-4-8-19(20)23-16-31-22(17-33-23)21(27-28-31)15-29-10-12-30(13-11-29)24(32)26-14-18-6-2-1-3-7-18/h1-9,23H,10-17H2,(H,26,32)/t23-/m1/s1. The van der Waals surface area contributed by atoms with E-state index in [1.165, 1.54) is 6.07 Å². The highest BCUT2D eigenvalue weighted by Gasteiger charge is 2.28. The van der Waals surface area contributed by atoms with Gasteiger partial charge in [-0.15, -0.1) is 5.10 Å². The zero-order chi connectivity index (χ0) is 22.6. The van der Waals surface area contributed by atoms with Crippen LogP contribution in [0.2, 0.25) is 0 Å². The highest BCUT2D eigenvalue weighted by atomic mass is 19.1. The van der Waals surface area contributed by atoms with Gasteiger partial charge in [0, 0.05) is 44.8 Å². The van der Waals surface area contributed by atoms with Gasteiger partial charge < -0.3 is 15.0 Å². The molecule has 9 heteroatoms. The second-order valence-corrected chi connectivity index (χ2v) is 8.39. The lowest BCUT2D eigenvalue weighted by Gasteiger charge is -2.34. The predicted molar refractivity (Wildman–Crippen MR) is 119 cm³/mol. The number of amides is 2. The summed E-state index contributed by atoms with van der Waals surface area (Å²) in [6.07, 6.45) is -0.369. The third-order valence-electron chi connectivity index (χ3n) is 6.25. The maximum Gasteiger partial charge on any atom is 0.317 e. The summed E-state index contributed by atoms with van der Waals surface area (Å²) >= 11 is 0. The molecule has 3 aromatic rings. The number of halogens is 1. The van der Waals surface area contributed by atoms with Crippen LogP contribution in [0.1, 0.15) is 28.6 Å². The van der Waals surface area contributed by atoms with Crippen molar-refractivity contribution in [2.24, 2.45) is 0 Å². The highest BCUT2D eigenvalue weighted by molar-refractivity contribution is 5.74. The maximum atomic E-state index is 14.1. The molecule has 1 saturated heterocycles. The van der Waals surface area contributed by atoms with Crippen molar-refractivity contribution in [1.29, 1.82) is 0 Å². The van der Waals surface area contributed by atoms with Gasteiger partial charge in [0.25, 0.3) is 0 Å². The number of ether oxygens (including phenoxy) is 1. The van der Waals surface area contributed by atoms with Crippen LogP contribution in [-0.4, -0.2) is 57.0 Å². The van der Waals surface area contributed by atoms with Crippen LogP contribution in [0.25, 0.3) is 0 Å². The fourth-order valence-corrected chi connectivity index (χ4v) is 4.32. The van der Waals surface area contributed by atoms with E-state index in [0.717, 1.165) is 30.0 Å². The molecule has 0 bridgehead atoms. The summed E-state index contributed by atoms with van der Waals surface area (Å²) in [6.45, 7) is 4.84. The minimum absolute atomic E-state index is 0.0351. The summed E-state index contributed by atoms with van der Waals surface area (Å²) in [5.74, 6) is -0.267. The van der Waals surface area contributed by atoms with E-state index in [0.29, 0.717) is 44.9 Å².